The van der Waals surface area contributed by atoms with Crippen LogP contribution in [0.3, 0.4) is 0 Å². The van der Waals surface area contributed by atoms with Crippen LogP contribution in [0.25, 0.3) is 0 Å². The number of aromatic hydroxyl groups is 1. The Hall–Kier alpha value is -1.73. The first kappa shape index (κ1) is 12.7. The molecule has 0 aliphatic heterocycles. The summed E-state index contributed by atoms with van der Waals surface area (Å²) >= 11 is 6.17. The summed E-state index contributed by atoms with van der Waals surface area (Å²) in [4.78, 5) is 4.13. The Morgan fingerprint density at radius 1 is 1.61 bits per heavy atom. The zero-order chi connectivity index (χ0) is 13.0. The molecule has 18 heavy (non-hydrogen) atoms. The van der Waals surface area contributed by atoms with Gasteiger partial charge >= 0.3 is 0 Å². The van der Waals surface area contributed by atoms with Crippen molar-refractivity contribution < 1.29 is 9.84 Å². The number of nitrogens with one attached hydrogen (secondary N) is 1. The lowest BCUT2D eigenvalue weighted by Gasteiger charge is -2.06. The lowest BCUT2D eigenvalue weighted by Crippen LogP contribution is -1.93. The normalized spacial score (nSPS) is 10.9. The minimum absolute atomic E-state index is 0.0715. The monoisotopic (exact) mass is 281 g/mol. The molecule has 2 N–H and O–H groups in total. The van der Waals surface area contributed by atoms with Gasteiger partial charge in [0.1, 0.15) is 0 Å². The molecule has 0 aliphatic carbocycles. The number of aliphatic imine (C=N–C) groups is 1. The molecule has 2 aromatic rings. The maximum absolute atomic E-state index is 9.94. The Balaban J connectivity index is 2.26. The highest BCUT2D eigenvalue weighted by Crippen LogP contribution is 2.29. The summed E-state index contributed by atoms with van der Waals surface area (Å²) in [5.74, 6) is 0.512. The lowest BCUT2D eigenvalue weighted by atomic mass is 10.2. The predicted octanol–water partition coefficient (Wildman–Crippen LogP) is 3.06. The van der Waals surface area contributed by atoms with Crippen molar-refractivity contribution in [3.05, 3.63) is 27.7 Å². The van der Waals surface area contributed by atoms with E-state index < -0.39 is 0 Å². The molecule has 0 saturated carbocycles. The highest BCUT2D eigenvalue weighted by molar-refractivity contribution is 7.73. The number of phenolic OH excluding ortho intramolecular Hbond substituents is 1. The Morgan fingerprint density at radius 3 is 3.11 bits per heavy atom. The maximum atomic E-state index is 9.94. The quantitative estimate of drug-likeness (QED) is 0.667. The molecule has 0 radical (unpaired) electrons. The molecule has 0 aliphatic rings. The third kappa shape index (κ3) is 2.93. The fourth-order valence-corrected chi connectivity index (χ4v) is 2.04. The Morgan fingerprint density at radius 2 is 2.44 bits per heavy atom. The van der Waals surface area contributed by atoms with E-state index in [1.54, 1.807) is 18.2 Å². The van der Waals surface area contributed by atoms with Crippen molar-refractivity contribution in [1.82, 2.24) is 10.2 Å². The molecule has 0 saturated heterocycles. The largest absolute Gasteiger partial charge is 0.504 e. The van der Waals surface area contributed by atoms with Gasteiger partial charge in [0.25, 0.3) is 0 Å². The zero-order valence-electron chi connectivity index (χ0n) is 9.58. The topological polar surface area (TPSA) is 70.5 Å². The van der Waals surface area contributed by atoms with E-state index in [9.17, 15) is 5.11 Å². The first-order valence-corrected chi connectivity index (χ1v) is 6.47. The van der Waals surface area contributed by atoms with Crippen molar-refractivity contribution in [3.8, 4) is 11.5 Å². The van der Waals surface area contributed by atoms with Crippen LogP contribution in [-0.2, 0) is 0 Å². The number of rotatable bonds is 4. The number of aromatic amines is 1. The molecule has 0 amide bonds. The molecule has 7 heteroatoms. The highest BCUT2D eigenvalue weighted by atomic mass is 32.1. The molecule has 1 heterocycles. The molecule has 0 spiro atoms. The second-order valence-electron chi connectivity index (χ2n) is 3.28. The number of phenols is 1. The molecule has 1 aromatic carbocycles. The number of para-hydroxylation sites is 1. The number of aromatic nitrogens is 2. The van der Waals surface area contributed by atoms with E-state index in [2.05, 4.69) is 15.2 Å². The Kier molecular flexibility index (Phi) is 4.06. The van der Waals surface area contributed by atoms with Crippen LogP contribution in [0.5, 0.6) is 11.5 Å². The van der Waals surface area contributed by atoms with Gasteiger partial charge in [-0.15, -0.1) is 5.10 Å². The van der Waals surface area contributed by atoms with Crippen molar-refractivity contribution in [2.45, 2.75) is 6.92 Å². The molecule has 5 nitrogen and oxygen atoms in total. The van der Waals surface area contributed by atoms with E-state index in [1.165, 1.54) is 17.6 Å². The Labute approximate surface area is 113 Å². The summed E-state index contributed by atoms with van der Waals surface area (Å²) in [7, 11) is 0. The van der Waals surface area contributed by atoms with Gasteiger partial charge in [-0.1, -0.05) is 17.4 Å². The van der Waals surface area contributed by atoms with Crippen molar-refractivity contribution in [1.29, 1.82) is 0 Å². The van der Waals surface area contributed by atoms with Crippen molar-refractivity contribution in [2.24, 2.45) is 4.99 Å². The summed E-state index contributed by atoms with van der Waals surface area (Å²) in [6, 6.07) is 5.24. The van der Waals surface area contributed by atoms with Crippen molar-refractivity contribution >= 4 is 34.9 Å². The molecule has 0 fully saturated rings. The van der Waals surface area contributed by atoms with E-state index in [-0.39, 0.29) is 5.75 Å². The molecule has 94 valence electrons. The fourth-order valence-electron chi connectivity index (χ4n) is 1.32. The van der Waals surface area contributed by atoms with Crippen LogP contribution in [0.4, 0.5) is 5.13 Å². The number of ether oxygens (including phenoxy) is 1. The van der Waals surface area contributed by atoms with Gasteiger partial charge in [0.05, 0.1) is 6.61 Å². The summed E-state index contributed by atoms with van der Waals surface area (Å²) in [6.45, 7) is 2.35. The van der Waals surface area contributed by atoms with Crippen LogP contribution in [0, 0.1) is 3.95 Å². The molecular weight excluding hydrogens is 270 g/mol. The Bertz CT molecular complexity index is 619. The fraction of sp³-hybridized carbons (Fsp3) is 0.182. The number of nitrogens with zero attached hydrogens (tertiary/aromatic N) is 2. The average molecular weight is 281 g/mol. The number of hydrogen-bond donors (Lipinski definition) is 2. The van der Waals surface area contributed by atoms with E-state index >= 15 is 0 Å². The van der Waals surface area contributed by atoms with Crippen LogP contribution in [-0.4, -0.2) is 28.1 Å². The highest BCUT2D eigenvalue weighted by Gasteiger charge is 2.05. The standard InChI is InChI=1S/C11H11N3O2S2/c1-2-16-8-5-3-4-7(9(8)15)6-12-10-13-14-11(17)18-10/h3-6,15H,2H2,1H3,(H,14,17)/b12-6+. The van der Waals surface area contributed by atoms with Gasteiger partial charge in [0.15, 0.2) is 15.5 Å². The smallest absolute Gasteiger partial charge is 0.230 e. The third-order valence-electron chi connectivity index (χ3n) is 2.07. The van der Waals surface area contributed by atoms with Crippen LogP contribution >= 0.6 is 23.6 Å². The SMILES string of the molecule is CCOc1cccc(/C=N/c2n[nH]c(=S)s2)c1O. The third-order valence-corrected chi connectivity index (χ3v) is 3.07. The number of H-pyrrole nitrogens is 1. The summed E-state index contributed by atoms with van der Waals surface area (Å²) in [6.07, 6.45) is 1.53. The molecule has 1 aromatic heterocycles. The van der Waals surface area contributed by atoms with Gasteiger partial charge in [-0.3, -0.25) is 5.10 Å². The average Bonchev–Trinajstić information content (AvgIpc) is 2.77. The van der Waals surface area contributed by atoms with Crippen LogP contribution in [0.2, 0.25) is 0 Å². The first-order chi connectivity index (χ1) is 8.70. The molecular formula is C11H11N3O2S2. The van der Waals surface area contributed by atoms with E-state index in [0.29, 0.717) is 27.0 Å². The van der Waals surface area contributed by atoms with Gasteiger partial charge in [-0.2, -0.15) is 0 Å². The van der Waals surface area contributed by atoms with Gasteiger partial charge < -0.3 is 9.84 Å². The zero-order valence-corrected chi connectivity index (χ0v) is 11.2. The minimum Gasteiger partial charge on any atom is -0.504 e. The second-order valence-corrected chi connectivity index (χ2v) is 4.93. The first-order valence-electron chi connectivity index (χ1n) is 5.25. The van der Waals surface area contributed by atoms with Gasteiger partial charge in [0.2, 0.25) is 5.13 Å². The summed E-state index contributed by atoms with van der Waals surface area (Å²) < 4.78 is 5.85. The second kappa shape index (κ2) is 5.74. The number of benzene rings is 1. The van der Waals surface area contributed by atoms with E-state index in [4.69, 9.17) is 17.0 Å². The maximum Gasteiger partial charge on any atom is 0.230 e. The van der Waals surface area contributed by atoms with Gasteiger partial charge in [-0.25, -0.2) is 4.99 Å². The predicted molar refractivity (Wildman–Crippen MR) is 73.8 cm³/mol. The van der Waals surface area contributed by atoms with Gasteiger partial charge in [0, 0.05) is 11.8 Å². The van der Waals surface area contributed by atoms with Crippen molar-refractivity contribution in [3.63, 3.8) is 0 Å². The van der Waals surface area contributed by atoms with Crippen LogP contribution in [0.1, 0.15) is 12.5 Å². The lowest BCUT2D eigenvalue weighted by molar-refractivity contribution is 0.318. The minimum atomic E-state index is 0.0715. The molecule has 0 bridgehead atoms. The van der Waals surface area contributed by atoms with E-state index in [1.807, 2.05) is 6.92 Å². The van der Waals surface area contributed by atoms with Crippen LogP contribution in [0.15, 0.2) is 23.2 Å². The van der Waals surface area contributed by atoms with Gasteiger partial charge in [-0.05, 0) is 31.3 Å². The molecule has 0 atom stereocenters. The number of hydrogen-bond acceptors (Lipinski definition) is 6. The molecule has 2 rings (SSSR count). The van der Waals surface area contributed by atoms with Crippen LogP contribution < -0.4 is 4.74 Å². The molecule has 0 unspecified atom stereocenters. The van der Waals surface area contributed by atoms with Crippen molar-refractivity contribution in [2.75, 3.05) is 6.61 Å². The van der Waals surface area contributed by atoms with E-state index in [0.717, 1.165) is 0 Å². The summed E-state index contributed by atoms with van der Waals surface area (Å²) in [5.41, 5.74) is 0.571. The summed E-state index contributed by atoms with van der Waals surface area (Å²) in [5, 5.41) is 17.0.